The van der Waals surface area contributed by atoms with E-state index < -0.39 is 0 Å². The van der Waals surface area contributed by atoms with Crippen LogP contribution in [0.25, 0.3) is 0 Å². The van der Waals surface area contributed by atoms with E-state index in [-0.39, 0.29) is 5.91 Å². The summed E-state index contributed by atoms with van der Waals surface area (Å²) in [6, 6.07) is 0. The van der Waals surface area contributed by atoms with Gasteiger partial charge in [0.25, 0.3) is 0 Å². The number of rotatable bonds is 4. The summed E-state index contributed by atoms with van der Waals surface area (Å²) in [4.78, 5) is 11.1. The Bertz CT molecular complexity index is 138. The maximum atomic E-state index is 11.1. The molecule has 0 heterocycles. The highest BCUT2D eigenvalue weighted by Gasteiger charge is 2.28. The van der Waals surface area contributed by atoms with Crippen LogP contribution < -0.4 is 5.32 Å². The molecule has 1 saturated carbocycles. The second kappa shape index (κ2) is 3.74. The molecule has 0 aromatic rings. The molecule has 0 spiro atoms. The minimum atomic E-state index is 0.269. The molecule has 0 bridgehead atoms. The summed E-state index contributed by atoms with van der Waals surface area (Å²) < 4.78 is 0. The molecular weight excluding hydrogens is 138 g/mol. The molecule has 0 aromatic heterocycles. The molecule has 1 fully saturated rings. The van der Waals surface area contributed by atoms with Crippen molar-refractivity contribution in [3.8, 4) is 0 Å². The van der Waals surface area contributed by atoms with Crippen LogP contribution in [0.2, 0.25) is 0 Å². The second-order valence-electron chi connectivity index (χ2n) is 3.75. The lowest BCUT2D eigenvalue weighted by atomic mass is 10.1. The third-order valence-electron chi connectivity index (χ3n) is 1.97. The summed E-state index contributed by atoms with van der Waals surface area (Å²) in [5, 5.41) is 2.94. The van der Waals surface area contributed by atoms with Crippen LogP contribution in [-0.2, 0) is 4.79 Å². The zero-order valence-corrected chi connectivity index (χ0v) is 7.39. The standard InChI is InChI=1S/C9H17NO/c1-7(2)5-6-10-9(11)8-3-4-8/h7-8H,3-6H2,1-2H3,(H,10,11). The Kier molecular flexibility index (Phi) is 2.92. The first kappa shape index (κ1) is 8.57. The molecule has 0 atom stereocenters. The van der Waals surface area contributed by atoms with Gasteiger partial charge >= 0.3 is 0 Å². The zero-order valence-electron chi connectivity index (χ0n) is 7.39. The Morgan fingerprint density at radius 3 is 2.64 bits per heavy atom. The highest BCUT2D eigenvalue weighted by molar-refractivity contribution is 5.80. The maximum absolute atomic E-state index is 11.1. The molecule has 1 aliphatic carbocycles. The van der Waals surface area contributed by atoms with Crippen LogP contribution in [0.15, 0.2) is 0 Å². The predicted octanol–water partition coefficient (Wildman–Crippen LogP) is 1.56. The van der Waals surface area contributed by atoms with Crippen molar-refractivity contribution in [2.45, 2.75) is 33.1 Å². The Hall–Kier alpha value is -0.530. The van der Waals surface area contributed by atoms with Crippen molar-refractivity contribution in [2.24, 2.45) is 11.8 Å². The van der Waals surface area contributed by atoms with Gasteiger partial charge in [-0.3, -0.25) is 4.79 Å². The van der Waals surface area contributed by atoms with Crippen molar-refractivity contribution >= 4 is 5.91 Å². The topological polar surface area (TPSA) is 29.1 Å². The fourth-order valence-electron chi connectivity index (χ4n) is 0.974. The first-order chi connectivity index (χ1) is 5.20. The number of carbonyl (C=O) groups excluding carboxylic acids is 1. The number of hydrogen-bond acceptors (Lipinski definition) is 1. The molecule has 1 N–H and O–H groups in total. The third kappa shape index (κ3) is 3.40. The van der Waals surface area contributed by atoms with Crippen molar-refractivity contribution in [3.63, 3.8) is 0 Å². The molecule has 1 rings (SSSR count). The van der Waals surface area contributed by atoms with Crippen molar-refractivity contribution in [1.82, 2.24) is 5.32 Å². The molecular formula is C9H17NO. The molecule has 64 valence electrons. The average Bonchev–Trinajstić information content (AvgIpc) is 2.66. The summed E-state index contributed by atoms with van der Waals surface area (Å²) in [7, 11) is 0. The fourth-order valence-corrected chi connectivity index (χ4v) is 0.974. The largest absolute Gasteiger partial charge is 0.356 e. The highest BCUT2D eigenvalue weighted by atomic mass is 16.2. The van der Waals surface area contributed by atoms with Gasteiger partial charge in [-0.25, -0.2) is 0 Å². The molecule has 0 unspecified atom stereocenters. The van der Waals surface area contributed by atoms with Gasteiger partial charge in [-0.1, -0.05) is 13.8 Å². The van der Waals surface area contributed by atoms with Gasteiger partial charge in [-0.05, 0) is 25.2 Å². The fraction of sp³-hybridized carbons (Fsp3) is 0.889. The third-order valence-corrected chi connectivity index (χ3v) is 1.97. The van der Waals surface area contributed by atoms with E-state index in [4.69, 9.17) is 0 Å². The molecule has 0 saturated heterocycles. The van der Waals surface area contributed by atoms with Gasteiger partial charge in [-0.15, -0.1) is 0 Å². The van der Waals surface area contributed by atoms with E-state index in [0.717, 1.165) is 25.8 Å². The van der Waals surface area contributed by atoms with Gasteiger partial charge in [0.1, 0.15) is 0 Å². The summed E-state index contributed by atoms with van der Waals surface area (Å²) in [6.07, 6.45) is 3.31. The van der Waals surface area contributed by atoms with Crippen LogP contribution in [0.1, 0.15) is 33.1 Å². The molecule has 1 aliphatic rings. The van der Waals surface area contributed by atoms with Crippen LogP contribution in [-0.4, -0.2) is 12.5 Å². The van der Waals surface area contributed by atoms with E-state index in [9.17, 15) is 4.79 Å². The molecule has 0 radical (unpaired) electrons. The van der Waals surface area contributed by atoms with Gasteiger partial charge in [-0.2, -0.15) is 0 Å². The van der Waals surface area contributed by atoms with E-state index >= 15 is 0 Å². The van der Waals surface area contributed by atoms with Crippen molar-refractivity contribution < 1.29 is 4.79 Å². The Morgan fingerprint density at radius 1 is 1.55 bits per heavy atom. The van der Waals surface area contributed by atoms with Gasteiger partial charge in [0.2, 0.25) is 5.91 Å². The normalized spacial score (nSPS) is 17.0. The minimum Gasteiger partial charge on any atom is -0.356 e. The lowest BCUT2D eigenvalue weighted by Gasteiger charge is -2.05. The van der Waals surface area contributed by atoms with Crippen LogP contribution in [0.4, 0.5) is 0 Å². The quantitative estimate of drug-likeness (QED) is 0.656. The molecule has 2 nitrogen and oxygen atoms in total. The molecule has 1 amide bonds. The van der Waals surface area contributed by atoms with E-state index in [1.807, 2.05) is 0 Å². The lowest BCUT2D eigenvalue weighted by molar-refractivity contribution is -0.122. The number of amides is 1. The van der Waals surface area contributed by atoms with Gasteiger partial charge in [0.05, 0.1) is 0 Å². The highest BCUT2D eigenvalue weighted by Crippen LogP contribution is 2.28. The van der Waals surface area contributed by atoms with E-state index in [2.05, 4.69) is 19.2 Å². The van der Waals surface area contributed by atoms with Crippen LogP contribution >= 0.6 is 0 Å². The first-order valence-corrected chi connectivity index (χ1v) is 4.48. The summed E-state index contributed by atoms with van der Waals surface area (Å²) in [6.45, 7) is 5.19. The van der Waals surface area contributed by atoms with E-state index in [0.29, 0.717) is 11.8 Å². The predicted molar refractivity (Wildman–Crippen MR) is 45.2 cm³/mol. The minimum absolute atomic E-state index is 0.269. The molecule has 11 heavy (non-hydrogen) atoms. The summed E-state index contributed by atoms with van der Waals surface area (Å²) in [5.41, 5.74) is 0. The zero-order chi connectivity index (χ0) is 8.27. The van der Waals surface area contributed by atoms with Crippen LogP contribution in [0.5, 0.6) is 0 Å². The smallest absolute Gasteiger partial charge is 0.223 e. The van der Waals surface area contributed by atoms with Crippen molar-refractivity contribution in [1.29, 1.82) is 0 Å². The molecule has 0 aliphatic heterocycles. The van der Waals surface area contributed by atoms with Gasteiger partial charge in [0.15, 0.2) is 0 Å². The number of nitrogens with one attached hydrogen (secondary N) is 1. The molecule has 0 aromatic carbocycles. The Morgan fingerprint density at radius 2 is 2.18 bits per heavy atom. The van der Waals surface area contributed by atoms with Gasteiger partial charge in [0, 0.05) is 12.5 Å². The monoisotopic (exact) mass is 155 g/mol. The number of hydrogen-bond donors (Lipinski definition) is 1. The number of carbonyl (C=O) groups is 1. The first-order valence-electron chi connectivity index (χ1n) is 4.48. The SMILES string of the molecule is CC(C)CCNC(=O)C1CC1. The summed E-state index contributed by atoms with van der Waals surface area (Å²) in [5.74, 6) is 1.32. The van der Waals surface area contributed by atoms with Crippen molar-refractivity contribution in [3.05, 3.63) is 0 Å². The summed E-state index contributed by atoms with van der Waals surface area (Å²) >= 11 is 0. The van der Waals surface area contributed by atoms with Crippen LogP contribution in [0.3, 0.4) is 0 Å². The molecule has 2 heteroatoms. The maximum Gasteiger partial charge on any atom is 0.223 e. The van der Waals surface area contributed by atoms with E-state index in [1.165, 1.54) is 0 Å². The lowest BCUT2D eigenvalue weighted by Crippen LogP contribution is -2.26. The second-order valence-corrected chi connectivity index (χ2v) is 3.75. The van der Waals surface area contributed by atoms with Gasteiger partial charge < -0.3 is 5.32 Å². The van der Waals surface area contributed by atoms with E-state index in [1.54, 1.807) is 0 Å². The average molecular weight is 155 g/mol. The Balaban J connectivity index is 1.97. The van der Waals surface area contributed by atoms with Crippen LogP contribution in [0, 0.1) is 11.8 Å². The Labute approximate surface area is 68.4 Å². The van der Waals surface area contributed by atoms with Crippen molar-refractivity contribution in [2.75, 3.05) is 6.54 Å².